The number of aryl methyl sites for hydroxylation is 1. The highest BCUT2D eigenvalue weighted by Gasteiger charge is 2.56. The van der Waals surface area contributed by atoms with Crippen LogP contribution in [0.2, 0.25) is 0 Å². The van der Waals surface area contributed by atoms with E-state index in [1.54, 1.807) is 6.07 Å². The number of fused-ring (bicyclic) bond motifs is 1. The third-order valence-corrected chi connectivity index (χ3v) is 6.28. The van der Waals surface area contributed by atoms with Crippen molar-refractivity contribution in [1.82, 2.24) is 9.66 Å². The van der Waals surface area contributed by atoms with Crippen LogP contribution in [0, 0.1) is 11.8 Å². The third-order valence-electron chi connectivity index (χ3n) is 6.28. The lowest BCUT2D eigenvalue weighted by Crippen LogP contribution is -2.61. The molecule has 4 aliphatic rings. The number of carbonyl (C=O) groups is 1. The molecular weight excluding hydrogens is 330 g/mol. The van der Waals surface area contributed by atoms with Crippen LogP contribution in [0.3, 0.4) is 0 Å². The fraction of sp³-hybridized carbons (Fsp3) is 0.550. The number of amides is 1. The molecule has 6 rings (SSSR count). The highest BCUT2D eigenvalue weighted by molar-refractivity contribution is 5.92. The van der Waals surface area contributed by atoms with Gasteiger partial charge >= 0.3 is 0 Å². The lowest BCUT2D eigenvalue weighted by Gasteiger charge is -2.55. The third kappa shape index (κ3) is 2.31. The molecular formula is C20H23N3O3. The highest BCUT2D eigenvalue weighted by atomic mass is 16.5. The molecule has 6 heteroatoms. The monoisotopic (exact) mass is 353 g/mol. The zero-order valence-corrected chi connectivity index (χ0v) is 14.9. The lowest BCUT2D eigenvalue weighted by molar-refractivity contribution is -0.215. The summed E-state index contributed by atoms with van der Waals surface area (Å²) in [5, 5.41) is 0.511. The molecule has 0 spiro atoms. The van der Waals surface area contributed by atoms with Gasteiger partial charge in [-0.15, -0.1) is 0 Å². The molecule has 2 aliphatic carbocycles. The average molecular weight is 353 g/mol. The predicted octanol–water partition coefficient (Wildman–Crippen LogP) is 2.38. The Kier molecular flexibility index (Phi) is 3.47. The Morgan fingerprint density at radius 2 is 2.00 bits per heavy atom. The Morgan fingerprint density at radius 3 is 2.69 bits per heavy atom. The summed E-state index contributed by atoms with van der Waals surface area (Å²) in [6, 6.07) is 7.24. The van der Waals surface area contributed by atoms with Gasteiger partial charge in [0.2, 0.25) is 0 Å². The van der Waals surface area contributed by atoms with Crippen molar-refractivity contribution >= 4 is 16.8 Å². The van der Waals surface area contributed by atoms with Crippen molar-refractivity contribution in [3.05, 3.63) is 40.4 Å². The second-order valence-corrected chi connectivity index (χ2v) is 8.06. The van der Waals surface area contributed by atoms with Crippen LogP contribution in [0.1, 0.15) is 44.9 Å². The summed E-state index contributed by atoms with van der Waals surface area (Å²) in [7, 11) is 0. The Labute approximate surface area is 151 Å². The van der Waals surface area contributed by atoms with Crippen LogP contribution < -0.4 is 11.0 Å². The fourth-order valence-electron chi connectivity index (χ4n) is 5.34. The van der Waals surface area contributed by atoms with Crippen LogP contribution >= 0.6 is 0 Å². The Balaban J connectivity index is 1.52. The van der Waals surface area contributed by atoms with Crippen LogP contribution in [-0.4, -0.2) is 27.3 Å². The molecule has 2 atom stereocenters. The number of rotatable bonds is 3. The van der Waals surface area contributed by atoms with Crippen molar-refractivity contribution in [3.63, 3.8) is 0 Å². The van der Waals surface area contributed by atoms with E-state index in [-0.39, 0.29) is 17.6 Å². The van der Waals surface area contributed by atoms with Crippen molar-refractivity contribution in [3.8, 4) is 0 Å². The van der Waals surface area contributed by atoms with Gasteiger partial charge in [0, 0.05) is 6.42 Å². The molecule has 1 N–H and O–H groups in total. The molecule has 3 heterocycles. The number of para-hydroxylation sites is 1. The fourth-order valence-corrected chi connectivity index (χ4v) is 5.34. The molecule has 1 aromatic carbocycles. The van der Waals surface area contributed by atoms with Crippen molar-refractivity contribution in [2.75, 3.05) is 5.43 Å². The van der Waals surface area contributed by atoms with E-state index < -0.39 is 5.60 Å². The van der Waals surface area contributed by atoms with Crippen molar-refractivity contribution in [2.45, 2.75) is 57.2 Å². The van der Waals surface area contributed by atoms with Crippen molar-refractivity contribution < 1.29 is 9.53 Å². The average Bonchev–Trinajstić information content (AvgIpc) is 2.62. The first-order valence-electron chi connectivity index (χ1n) is 9.58. The molecule has 2 aromatic rings. The number of hydrogen-bond donors (Lipinski definition) is 1. The summed E-state index contributed by atoms with van der Waals surface area (Å²) >= 11 is 0. The van der Waals surface area contributed by atoms with E-state index in [1.165, 1.54) is 11.1 Å². The predicted molar refractivity (Wildman–Crippen MR) is 97.4 cm³/mol. The quantitative estimate of drug-likeness (QED) is 0.919. The SMILES string of the molecule is CCc1nc2ccccc2c(=O)n1NC(=O)C12CC3CC(CC(C3)O1)C2. The van der Waals surface area contributed by atoms with Crippen LogP contribution in [-0.2, 0) is 16.0 Å². The lowest BCUT2D eigenvalue weighted by atomic mass is 9.62. The van der Waals surface area contributed by atoms with Crippen molar-refractivity contribution in [2.24, 2.45) is 11.8 Å². The molecule has 136 valence electrons. The van der Waals surface area contributed by atoms with E-state index in [9.17, 15) is 9.59 Å². The maximum absolute atomic E-state index is 13.2. The molecule has 2 saturated heterocycles. The van der Waals surface area contributed by atoms with Gasteiger partial charge in [-0.3, -0.25) is 15.0 Å². The Hall–Kier alpha value is -2.21. The van der Waals surface area contributed by atoms with Crippen LogP contribution in [0.15, 0.2) is 29.1 Å². The minimum absolute atomic E-state index is 0.189. The molecule has 26 heavy (non-hydrogen) atoms. The normalized spacial score (nSPS) is 32.1. The second-order valence-electron chi connectivity index (χ2n) is 8.06. The number of benzene rings is 1. The highest BCUT2D eigenvalue weighted by Crippen LogP contribution is 2.53. The van der Waals surface area contributed by atoms with E-state index in [4.69, 9.17) is 4.74 Å². The maximum atomic E-state index is 13.2. The molecule has 1 amide bonds. The molecule has 4 bridgehead atoms. The number of nitrogens with zero attached hydrogens (tertiary/aromatic N) is 2. The summed E-state index contributed by atoms with van der Waals surface area (Å²) in [6.45, 7) is 1.93. The van der Waals surface area contributed by atoms with Crippen LogP contribution in [0.25, 0.3) is 10.9 Å². The van der Waals surface area contributed by atoms with Gasteiger partial charge in [-0.05, 0) is 56.1 Å². The number of carbonyl (C=O) groups excluding carboxylic acids is 1. The zero-order chi connectivity index (χ0) is 17.9. The number of nitrogens with one attached hydrogen (secondary N) is 1. The van der Waals surface area contributed by atoms with Gasteiger partial charge in [0.15, 0.2) is 0 Å². The maximum Gasteiger partial charge on any atom is 0.280 e. The van der Waals surface area contributed by atoms with Gasteiger partial charge in [-0.2, -0.15) is 0 Å². The Bertz CT molecular complexity index is 914. The van der Waals surface area contributed by atoms with Gasteiger partial charge in [0.25, 0.3) is 11.5 Å². The summed E-state index contributed by atoms with van der Waals surface area (Å²) in [5.74, 6) is 1.52. The summed E-state index contributed by atoms with van der Waals surface area (Å²) in [6.07, 6.45) is 5.65. The van der Waals surface area contributed by atoms with Gasteiger partial charge in [-0.1, -0.05) is 19.1 Å². The number of aromatic nitrogens is 2. The molecule has 1 aromatic heterocycles. The van der Waals surface area contributed by atoms with Gasteiger partial charge < -0.3 is 4.74 Å². The first-order valence-corrected chi connectivity index (χ1v) is 9.58. The van der Waals surface area contributed by atoms with E-state index in [0.29, 0.717) is 35.0 Å². The first kappa shape index (κ1) is 16.0. The number of hydrogen-bond acceptors (Lipinski definition) is 4. The van der Waals surface area contributed by atoms with Gasteiger partial charge in [-0.25, -0.2) is 9.66 Å². The number of ether oxygens (including phenoxy) is 1. The molecule has 4 fully saturated rings. The standard InChI is InChI=1S/C20H23N3O3/c1-2-17-21-16-6-4-3-5-15(16)18(24)23(17)22-19(25)20-10-12-7-13(11-20)9-14(8-12)26-20/h3-6,12-14H,2,7-11H2,1H3,(H,22,25). The summed E-state index contributed by atoms with van der Waals surface area (Å²) < 4.78 is 7.52. The minimum Gasteiger partial charge on any atom is -0.362 e. The Morgan fingerprint density at radius 1 is 1.27 bits per heavy atom. The van der Waals surface area contributed by atoms with Crippen LogP contribution in [0.4, 0.5) is 0 Å². The molecule has 0 radical (unpaired) electrons. The van der Waals surface area contributed by atoms with Gasteiger partial charge in [0.05, 0.1) is 17.0 Å². The van der Waals surface area contributed by atoms with E-state index >= 15 is 0 Å². The summed E-state index contributed by atoms with van der Waals surface area (Å²) in [5.41, 5.74) is 2.51. The molecule has 6 nitrogen and oxygen atoms in total. The molecule has 2 unspecified atom stereocenters. The van der Waals surface area contributed by atoms with Crippen molar-refractivity contribution in [1.29, 1.82) is 0 Å². The largest absolute Gasteiger partial charge is 0.362 e. The zero-order valence-electron chi connectivity index (χ0n) is 14.9. The topological polar surface area (TPSA) is 73.2 Å². The van der Waals surface area contributed by atoms with E-state index in [2.05, 4.69) is 10.4 Å². The minimum atomic E-state index is -0.773. The van der Waals surface area contributed by atoms with Gasteiger partial charge in [0.1, 0.15) is 11.4 Å². The summed E-state index contributed by atoms with van der Waals surface area (Å²) in [4.78, 5) is 30.7. The first-order chi connectivity index (χ1) is 12.6. The molecule has 2 saturated carbocycles. The van der Waals surface area contributed by atoms with E-state index in [0.717, 1.165) is 25.7 Å². The smallest absolute Gasteiger partial charge is 0.280 e. The second kappa shape index (κ2) is 5.64. The van der Waals surface area contributed by atoms with E-state index in [1.807, 2.05) is 25.1 Å². The van der Waals surface area contributed by atoms with Crippen LogP contribution in [0.5, 0.6) is 0 Å². The molecule has 2 aliphatic heterocycles.